The molecule has 0 spiro atoms. The quantitative estimate of drug-likeness (QED) is 0.789. The summed E-state index contributed by atoms with van der Waals surface area (Å²) in [6.07, 6.45) is 2.38. The van der Waals surface area contributed by atoms with Crippen molar-refractivity contribution in [3.05, 3.63) is 29.3 Å². The molecular formula is C18H26O2. The van der Waals surface area contributed by atoms with Gasteiger partial charge in [-0.1, -0.05) is 39.3 Å². The van der Waals surface area contributed by atoms with Crippen LogP contribution in [0.15, 0.2) is 18.2 Å². The Morgan fingerprint density at radius 2 is 1.75 bits per heavy atom. The van der Waals surface area contributed by atoms with E-state index in [0.717, 1.165) is 29.7 Å². The molecule has 2 nitrogen and oxygen atoms in total. The summed E-state index contributed by atoms with van der Waals surface area (Å²) >= 11 is 0. The van der Waals surface area contributed by atoms with Crippen molar-refractivity contribution < 1.29 is 9.53 Å². The van der Waals surface area contributed by atoms with Gasteiger partial charge in [-0.15, -0.1) is 0 Å². The summed E-state index contributed by atoms with van der Waals surface area (Å²) in [5.74, 6) is 2.05. The molecule has 1 heterocycles. The topological polar surface area (TPSA) is 26.3 Å². The number of carbonyl (C=O) groups excluding carboxylic acids is 1. The summed E-state index contributed by atoms with van der Waals surface area (Å²) in [5.41, 5.74) is 1.55. The van der Waals surface area contributed by atoms with Crippen LogP contribution >= 0.6 is 0 Å². The Morgan fingerprint density at radius 3 is 2.30 bits per heavy atom. The van der Waals surface area contributed by atoms with Crippen LogP contribution in [0.2, 0.25) is 0 Å². The van der Waals surface area contributed by atoms with E-state index in [1.54, 1.807) is 0 Å². The molecule has 110 valence electrons. The van der Waals surface area contributed by atoms with Gasteiger partial charge in [-0.3, -0.25) is 4.79 Å². The number of carbonyl (C=O) groups is 1. The standard InChI is InChI=1S/C18H26O2/c1-12(2)9-18(10-13(3)4)11-16(19)15-8-14(5)6-7-17(15)20-18/h6-8,12-13H,9-11H2,1-5H3. The van der Waals surface area contributed by atoms with Crippen molar-refractivity contribution in [3.63, 3.8) is 0 Å². The number of hydrogen-bond acceptors (Lipinski definition) is 2. The van der Waals surface area contributed by atoms with Gasteiger partial charge < -0.3 is 4.74 Å². The number of aryl methyl sites for hydroxylation is 1. The third-order valence-electron chi connectivity index (χ3n) is 3.81. The van der Waals surface area contributed by atoms with E-state index >= 15 is 0 Å². The van der Waals surface area contributed by atoms with Crippen LogP contribution in [0.5, 0.6) is 5.75 Å². The first-order valence-corrected chi connectivity index (χ1v) is 7.64. The molecule has 0 unspecified atom stereocenters. The van der Waals surface area contributed by atoms with Gasteiger partial charge in [-0.2, -0.15) is 0 Å². The predicted octanol–water partition coefficient (Wildman–Crippen LogP) is 4.79. The van der Waals surface area contributed by atoms with Crippen LogP contribution in [0.4, 0.5) is 0 Å². The molecule has 2 rings (SSSR count). The Hall–Kier alpha value is -1.31. The van der Waals surface area contributed by atoms with Gasteiger partial charge in [0.1, 0.15) is 11.4 Å². The van der Waals surface area contributed by atoms with Crippen LogP contribution in [-0.2, 0) is 0 Å². The van der Waals surface area contributed by atoms with Crippen LogP contribution < -0.4 is 4.74 Å². The monoisotopic (exact) mass is 274 g/mol. The smallest absolute Gasteiger partial charge is 0.170 e. The van der Waals surface area contributed by atoms with Gasteiger partial charge in [0.25, 0.3) is 0 Å². The van der Waals surface area contributed by atoms with Crippen molar-refractivity contribution in [1.29, 1.82) is 0 Å². The summed E-state index contributed by atoms with van der Waals surface area (Å²) in [5, 5.41) is 0. The van der Waals surface area contributed by atoms with Crippen molar-refractivity contribution in [2.24, 2.45) is 11.8 Å². The summed E-state index contributed by atoms with van der Waals surface area (Å²) in [4.78, 5) is 12.5. The van der Waals surface area contributed by atoms with E-state index in [4.69, 9.17) is 4.74 Å². The van der Waals surface area contributed by atoms with E-state index in [1.165, 1.54) is 0 Å². The average molecular weight is 274 g/mol. The molecule has 2 heteroatoms. The number of rotatable bonds is 4. The van der Waals surface area contributed by atoms with Crippen molar-refractivity contribution in [3.8, 4) is 5.75 Å². The summed E-state index contributed by atoms with van der Waals surface area (Å²) < 4.78 is 6.35. The van der Waals surface area contributed by atoms with E-state index in [-0.39, 0.29) is 11.4 Å². The highest BCUT2D eigenvalue weighted by Crippen LogP contribution is 2.40. The maximum absolute atomic E-state index is 12.5. The van der Waals surface area contributed by atoms with Crippen LogP contribution in [0, 0.1) is 18.8 Å². The summed E-state index contributed by atoms with van der Waals surface area (Å²) in [6, 6.07) is 5.93. The lowest BCUT2D eigenvalue weighted by molar-refractivity contribution is 0.0105. The number of hydrogen-bond donors (Lipinski definition) is 0. The molecule has 0 fully saturated rings. The second-order valence-corrected chi connectivity index (χ2v) is 7.08. The van der Waals surface area contributed by atoms with Gasteiger partial charge in [0.2, 0.25) is 0 Å². The first-order chi connectivity index (χ1) is 9.31. The van der Waals surface area contributed by atoms with Gasteiger partial charge in [-0.25, -0.2) is 0 Å². The highest BCUT2D eigenvalue weighted by molar-refractivity contribution is 6.00. The Kier molecular flexibility index (Phi) is 4.22. The molecule has 20 heavy (non-hydrogen) atoms. The zero-order valence-corrected chi connectivity index (χ0v) is 13.3. The molecule has 0 N–H and O–H groups in total. The molecule has 0 bridgehead atoms. The third kappa shape index (κ3) is 3.23. The third-order valence-corrected chi connectivity index (χ3v) is 3.81. The maximum atomic E-state index is 12.5. The average Bonchev–Trinajstić information content (AvgIpc) is 2.28. The van der Waals surface area contributed by atoms with Crippen molar-refractivity contribution in [2.45, 2.75) is 59.5 Å². The van der Waals surface area contributed by atoms with Crippen molar-refractivity contribution >= 4 is 5.78 Å². The fraction of sp³-hybridized carbons (Fsp3) is 0.611. The van der Waals surface area contributed by atoms with E-state index < -0.39 is 0 Å². The predicted molar refractivity (Wildman–Crippen MR) is 82.4 cm³/mol. The normalized spacial score (nSPS) is 17.2. The van der Waals surface area contributed by atoms with Crippen LogP contribution in [0.1, 0.15) is 62.9 Å². The Morgan fingerprint density at radius 1 is 1.15 bits per heavy atom. The van der Waals surface area contributed by atoms with Gasteiger partial charge in [0.05, 0.1) is 12.0 Å². The fourth-order valence-electron chi connectivity index (χ4n) is 3.41. The Bertz CT molecular complexity index is 490. The van der Waals surface area contributed by atoms with Crippen LogP contribution in [-0.4, -0.2) is 11.4 Å². The minimum absolute atomic E-state index is 0.233. The second kappa shape index (κ2) is 5.59. The van der Waals surface area contributed by atoms with Gasteiger partial charge in [-0.05, 0) is 43.7 Å². The molecule has 0 amide bonds. The molecule has 0 saturated heterocycles. The molecule has 0 saturated carbocycles. The minimum Gasteiger partial charge on any atom is -0.486 e. The fourth-order valence-corrected chi connectivity index (χ4v) is 3.41. The molecule has 1 aromatic carbocycles. The van der Waals surface area contributed by atoms with Gasteiger partial charge in [0.15, 0.2) is 5.78 Å². The summed E-state index contributed by atoms with van der Waals surface area (Å²) in [7, 11) is 0. The lowest BCUT2D eigenvalue weighted by Gasteiger charge is -2.40. The van der Waals surface area contributed by atoms with E-state index in [0.29, 0.717) is 18.3 Å². The van der Waals surface area contributed by atoms with Crippen LogP contribution in [0.3, 0.4) is 0 Å². The SMILES string of the molecule is Cc1ccc2c(c1)C(=O)CC(CC(C)C)(CC(C)C)O2. The highest BCUT2D eigenvalue weighted by atomic mass is 16.5. The van der Waals surface area contributed by atoms with E-state index in [1.807, 2.05) is 25.1 Å². The van der Waals surface area contributed by atoms with Gasteiger partial charge in [0, 0.05) is 0 Å². The minimum atomic E-state index is -0.318. The molecule has 0 radical (unpaired) electrons. The number of fused-ring (bicyclic) bond motifs is 1. The molecule has 1 aliphatic heterocycles. The van der Waals surface area contributed by atoms with Crippen LogP contribution in [0.25, 0.3) is 0 Å². The first-order valence-electron chi connectivity index (χ1n) is 7.64. The zero-order chi connectivity index (χ0) is 14.9. The lowest BCUT2D eigenvalue weighted by atomic mass is 9.78. The van der Waals surface area contributed by atoms with E-state index in [9.17, 15) is 4.79 Å². The highest BCUT2D eigenvalue weighted by Gasteiger charge is 2.41. The van der Waals surface area contributed by atoms with Crippen molar-refractivity contribution in [2.75, 3.05) is 0 Å². The van der Waals surface area contributed by atoms with Gasteiger partial charge >= 0.3 is 0 Å². The number of ketones is 1. The summed E-state index contributed by atoms with van der Waals surface area (Å²) in [6.45, 7) is 10.8. The number of ether oxygens (including phenoxy) is 1. The number of benzene rings is 1. The lowest BCUT2D eigenvalue weighted by Crippen LogP contribution is -2.44. The molecular weight excluding hydrogens is 248 g/mol. The molecule has 0 atom stereocenters. The zero-order valence-electron chi connectivity index (χ0n) is 13.3. The second-order valence-electron chi connectivity index (χ2n) is 7.08. The largest absolute Gasteiger partial charge is 0.486 e. The Balaban J connectivity index is 2.37. The molecule has 0 aliphatic carbocycles. The molecule has 0 aromatic heterocycles. The Labute approximate surface area is 122 Å². The number of Topliss-reactive ketones (excluding diaryl/α,β-unsaturated/α-hetero) is 1. The first kappa shape index (κ1) is 15.1. The molecule has 1 aliphatic rings. The molecule has 1 aromatic rings. The van der Waals surface area contributed by atoms with Crippen molar-refractivity contribution in [1.82, 2.24) is 0 Å². The van der Waals surface area contributed by atoms with E-state index in [2.05, 4.69) is 27.7 Å². The maximum Gasteiger partial charge on any atom is 0.170 e.